The second kappa shape index (κ2) is 14.9. The Kier molecular flexibility index (Phi) is 11.6. The van der Waals surface area contributed by atoms with Crippen LogP contribution in [0.2, 0.25) is 0 Å². The fourth-order valence-corrected chi connectivity index (χ4v) is 5.68. The van der Waals surface area contributed by atoms with Crippen molar-refractivity contribution in [3.05, 3.63) is 90.5 Å². The van der Waals surface area contributed by atoms with Gasteiger partial charge in [0.1, 0.15) is 18.4 Å². The molecule has 0 saturated heterocycles. The summed E-state index contributed by atoms with van der Waals surface area (Å²) < 4.78 is 4.88. The predicted molar refractivity (Wildman–Crippen MR) is 150 cm³/mol. The van der Waals surface area contributed by atoms with E-state index in [2.05, 4.69) is 109 Å². The van der Waals surface area contributed by atoms with Crippen molar-refractivity contribution in [3.63, 3.8) is 0 Å². The van der Waals surface area contributed by atoms with Gasteiger partial charge in [-0.05, 0) is 36.8 Å². The van der Waals surface area contributed by atoms with Crippen LogP contribution in [-0.2, 0) is 18.4 Å². The minimum atomic E-state index is 0.0197. The molecule has 2 atom stereocenters. The fraction of sp³-hybridized carbons (Fsp3) is 0.545. The third kappa shape index (κ3) is 8.37. The van der Waals surface area contributed by atoms with Gasteiger partial charge in [0.25, 0.3) is 0 Å². The zero-order chi connectivity index (χ0) is 24.8. The van der Waals surface area contributed by atoms with Gasteiger partial charge in [-0.2, -0.15) is 0 Å². The maximum Gasteiger partial charge on any atom is 0.244 e. The molecule has 3 aromatic rings. The van der Waals surface area contributed by atoms with Crippen LogP contribution in [0.1, 0.15) is 109 Å². The van der Waals surface area contributed by atoms with Crippen molar-refractivity contribution in [2.24, 2.45) is 0 Å². The van der Waals surface area contributed by atoms with Crippen LogP contribution in [0.3, 0.4) is 0 Å². The van der Waals surface area contributed by atoms with Gasteiger partial charge in [-0.1, -0.05) is 133 Å². The van der Waals surface area contributed by atoms with E-state index in [1.54, 1.807) is 0 Å². The molecule has 0 N–H and O–H groups in total. The maximum absolute atomic E-state index is 2.52. The van der Waals surface area contributed by atoms with E-state index in [-0.39, 0.29) is 5.41 Å². The van der Waals surface area contributed by atoms with E-state index in [1.807, 2.05) is 0 Å². The zero-order valence-corrected chi connectivity index (χ0v) is 22.7. The van der Waals surface area contributed by atoms with Crippen LogP contribution >= 0.6 is 0 Å². The summed E-state index contributed by atoms with van der Waals surface area (Å²) in [6, 6.07) is 22.8. The maximum atomic E-state index is 2.52. The van der Waals surface area contributed by atoms with Gasteiger partial charge in [0.05, 0.1) is 6.54 Å². The molecule has 0 aliphatic rings. The molecule has 0 aliphatic heterocycles. The molecule has 35 heavy (non-hydrogen) atoms. The molecule has 2 nitrogen and oxygen atoms in total. The normalized spacial score (nSPS) is 14.0. The Morgan fingerprint density at radius 3 is 1.97 bits per heavy atom. The van der Waals surface area contributed by atoms with Gasteiger partial charge in [0.2, 0.25) is 6.33 Å². The SMILES string of the molecule is CCCCCCCCCCCC(n1cc[n+](CCC)c1)C(C)(Cc1ccccc1)c1ccccc1. The number of nitrogens with zero attached hydrogens (tertiary/aromatic N) is 2. The van der Waals surface area contributed by atoms with Gasteiger partial charge >= 0.3 is 0 Å². The summed E-state index contributed by atoms with van der Waals surface area (Å²) in [5.74, 6) is 0. The number of hydrogen-bond acceptors (Lipinski definition) is 0. The number of aryl methyl sites for hydroxylation is 1. The molecule has 3 rings (SSSR count). The van der Waals surface area contributed by atoms with Gasteiger partial charge in [-0.15, -0.1) is 0 Å². The van der Waals surface area contributed by atoms with E-state index < -0.39 is 0 Å². The average Bonchev–Trinajstić information content (AvgIpc) is 3.34. The highest BCUT2D eigenvalue weighted by Crippen LogP contribution is 2.41. The largest absolute Gasteiger partial charge is 0.244 e. The molecule has 0 bridgehead atoms. The third-order valence-electron chi connectivity index (χ3n) is 7.72. The first-order chi connectivity index (χ1) is 17.2. The molecule has 1 aromatic heterocycles. The number of rotatable bonds is 17. The smallest absolute Gasteiger partial charge is 0.237 e. The van der Waals surface area contributed by atoms with Crippen LogP contribution in [0.5, 0.6) is 0 Å². The molecule has 0 spiro atoms. The first-order valence-electron chi connectivity index (χ1n) is 14.3. The summed E-state index contributed by atoms with van der Waals surface area (Å²) in [5, 5.41) is 0. The van der Waals surface area contributed by atoms with Crippen molar-refractivity contribution >= 4 is 0 Å². The highest BCUT2D eigenvalue weighted by atomic mass is 15.1. The first kappa shape index (κ1) is 27.2. The zero-order valence-electron chi connectivity index (χ0n) is 22.7. The number of aromatic nitrogens is 2. The predicted octanol–water partition coefficient (Wildman–Crippen LogP) is 8.85. The fourth-order valence-electron chi connectivity index (χ4n) is 5.68. The molecule has 2 aromatic carbocycles. The lowest BCUT2D eigenvalue weighted by molar-refractivity contribution is -0.696. The molecule has 0 fully saturated rings. The second-order valence-electron chi connectivity index (χ2n) is 10.7. The first-order valence-corrected chi connectivity index (χ1v) is 14.3. The Bertz CT molecular complexity index is 930. The monoisotopic (exact) mass is 473 g/mol. The Labute approximate surface area is 215 Å². The highest BCUT2D eigenvalue weighted by Gasteiger charge is 2.40. The van der Waals surface area contributed by atoms with E-state index >= 15 is 0 Å². The van der Waals surface area contributed by atoms with Gasteiger partial charge in [-0.25, -0.2) is 9.13 Å². The van der Waals surface area contributed by atoms with Gasteiger partial charge in [0, 0.05) is 5.41 Å². The van der Waals surface area contributed by atoms with Gasteiger partial charge in [0.15, 0.2) is 0 Å². The van der Waals surface area contributed by atoms with Crippen molar-refractivity contribution in [3.8, 4) is 0 Å². The molecule has 0 aliphatic carbocycles. The van der Waals surface area contributed by atoms with Crippen LogP contribution in [0.15, 0.2) is 79.4 Å². The van der Waals surface area contributed by atoms with E-state index in [9.17, 15) is 0 Å². The van der Waals surface area contributed by atoms with E-state index in [1.165, 1.54) is 75.3 Å². The molecular formula is C33H49N2+. The Balaban J connectivity index is 1.77. The van der Waals surface area contributed by atoms with E-state index in [4.69, 9.17) is 0 Å². The summed E-state index contributed by atoms with van der Waals surface area (Å²) in [5.41, 5.74) is 2.89. The van der Waals surface area contributed by atoms with Crippen LogP contribution in [0.25, 0.3) is 0 Å². The summed E-state index contributed by atoms with van der Waals surface area (Å²) in [6.07, 6.45) is 22.8. The Hall–Kier alpha value is -2.35. The molecule has 1 heterocycles. The molecule has 0 radical (unpaired) electrons. The lowest BCUT2D eigenvalue weighted by Crippen LogP contribution is -2.38. The summed E-state index contributed by atoms with van der Waals surface area (Å²) in [7, 11) is 0. The molecular weight excluding hydrogens is 424 g/mol. The van der Waals surface area contributed by atoms with Crippen molar-refractivity contribution in [1.29, 1.82) is 0 Å². The lowest BCUT2D eigenvalue weighted by atomic mass is 9.70. The topological polar surface area (TPSA) is 8.81 Å². The van der Waals surface area contributed by atoms with Crippen LogP contribution in [0, 0.1) is 0 Å². The minimum Gasteiger partial charge on any atom is -0.237 e. The van der Waals surface area contributed by atoms with Crippen LogP contribution < -0.4 is 4.57 Å². The molecule has 0 amide bonds. The van der Waals surface area contributed by atoms with Gasteiger partial charge < -0.3 is 0 Å². The summed E-state index contributed by atoms with van der Waals surface area (Å²) in [4.78, 5) is 0. The minimum absolute atomic E-state index is 0.0197. The number of unbranched alkanes of at least 4 members (excludes halogenated alkanes) is 8. The van der Waals surface area contributed by atoms with Crippen LogP contribution in [0.4, 0.5) is 0 Å². The third-order valence-corrected chi connectivity index (χ3v) is 7.72. The number of imidazole rings is 1. The standard InChI is InChI=1S/C33H49N2/c1-4-6-7-8-9-10-11-12-19-24-32(35-27-26-34(29-35)25-5-2)33(3,31-22-17-14-18-23-31)28-30-20-15-13-16-21-30/h13-18,20-23,26-27,29,32H,4-12,19,24-25,28H2,1-3H3/q+1. The summed E-state index contributed by atoms with van der Waals surface area (Å²) in [6.45, 7) is 8.13. The number of benzene rings is 2. The van der Waals surface area contributed by atoms with Crippen molar-refractivity contribution in [2.45, 2.75) is 116 Å². The Morgan fingerprint density at radius 2 is 1.34 bits per heavy atom. The lowest BCUT2D eigenvalue weighted by Gasteiger charge is -2.37. The quantitative estimate of drug-likeness (QED) is 0.137. The van der Waals surface area contributed by atoms with E-state index in [0.717, 1.165) is 19.4 Å². The van der Waals surface area contributed by atoms with Crippen molar-refractivity contribution < 1.29 is 4.57 Å². The van der Waals surface area contributed by atoms with Crippen molar-refractivity contribution in [1.82, 2.24) is 4.57 Å². The van der Waals surface area contributed by atoms with Gasteiger partial charge in [-0.3, -0.25) is 0 Å². The summed E-state index contributed by atoms with van der Waals surface area (Å²) >= 11 is 0. The average molecular weight is 474 g/mol. The molecule has 2 heteroatoms. The second-order valence-corrected chi connectivity index (χ2v) is 10.7. The molecule has 2 unspecified atom stereocenters. The number of hydrogen-bond donors (Lipinski definition) is 0. The van der Waals surface area contributed by atoms with E-state index in [0.29, 0.717) is 6.04 Å². The van der Waals surface area contributed by atoms with Crippen LogP contribution in [-0.4, -0.2) is 4.57 Å². The van der Waals surface area contributed by atoms with Crippen molar-refractivity contribution in [2.75, 3.05) is 0 Å². The highest BCUT2D eigenvalue weighted by molar-refractivity contribution is 5.30. The molecule has 190 valence electrons. The Morgan fingerprint density at radius 1 is 0.743 bits per heavy atom. The molecule has 0 saturated carbocycles.